The monoisotopic (exact) mass is 287 g/mol. The standard InChI is InChI=1S/C17H25N3O/c1-21-16-7-3-6-14(16)11-19-17(18)20-15-9-8-12-4-2-5-13(12)10-15/h8-10,14,16H,2-7,11H2,1H3,(H3,18,19,20). The van der Waals surface area contributed by atoms with Crippen molar-refractivity contribution in [1.29, 1.82) is 0 Å². The molecule has 1 fully saturated rings. The largest absolute Gasteiger partial charge is 0.381 e. The van der Waals surface area contributed by atoms with E-state index in [0.717, 1.165) is 18.7 Å². The number of ether oxygens (including phenoxy) is 1. The third kappa shape index (κ3) is 3.38. The summed E-state index contributed by atoms with van der Waals surface area (Å²) in [5.74, 6) is 1.02. The molecule has 2 aliphatic rings. The van der Waals surface area contributed by atoms with E-state index in [0.29, 0.717) is 18.0 Å². The van der Waals surface area contributed by atoms with Crippen LogP contribution < -0.4 is 11.1 Å². The summed E-state index contributed by atoms with van der Waals surface area (Å²) in [6.07, 6.45) is 7.57. The fourth-order valence-corrected chi connectivity index (χ4v) is 3.57. The van der Waals surface area contributed by atoms with E-state index < -0.39 is 0 Å². The average molecular weight is 287 g/mol. The van der Waals surface area contributed by atoms with Gasteiger partial charge in [0.1, 0.15) is 0 Å². The Morgan fingerprint density at radius 1 is 1.29 bits per heavy atom. The molecule has 2 unspecified atom stereocenters. The van der Waals surface area contributed by atoms with Crippen LogP contribution in [0.4, 0.5) is 5.69 Å². The summed E-state index contributed by atoms with van der Waals surface area (Å²) in [5, 5.41) is 3.22. The molecule has 0 aliphatic heterocycles. The van der Waals surface area contributed by atoms with Crippen molar-refractivity contribution in [1.82, 2.24) is 0 Å². The fraction of sp³-hybridized carbons (Fsp3) is 0.588. The molecule has 114 valence electrons. The number of benzene rings is 1. The van der Waals surface area contributed by atoms with Gasteiger partial charge in [-0.15, -0.1) is 0 Å². The molecule has 2 aliphatic carbocycles. The van der Waals surface area contributed by atoms with Gasteiger partial charge in [0, 0.05) is 25.3 Å². The Morgan fingerprint density at radius 3 is 3.00 bits per heavy atom. The third-order valence-corrected chi connectivity index (χ3v) is 4.76. The molecule has 0 aromatic heterocycles. The van der Waals surface area contributed by atoms with Gasteiger partial charge in [-0.1, -0.05) is 12.5 Å². The lowest BCUT2D eigenvalue weighted by molar-refractivity contribution is 0.0743. The number of guanidine groups is 1. The van der Waals surface area contributed by atoms with Crippen molar-refractivity contribution in [3.63, 3.8) is 0 Å². The Morgan fingerprint density at radius 2 is 2.14 bits per heavy atom. The van der Waals surface area contributed by atoms with Crippen molar-refractivity contribution in [3.8, 4) is 0 Å². The van der Waals surface area contributed by atoms with Crippen molar-refractivity contribution < 1.29 is 4.74 Å². The number of nitrogens with one attached hydrogen (secondary N) is 1. The number of aryl methyl sites for hydroxylation is 2. The van der Waals surface area contributed by atoms with Gasteiger partial charge in [0.25, 0.3) is 0 Å². The van der Waals surface area contributed by atoms with Crippen LogP contribution in [0, 0.1) is 5.92 Å². The Bertz CT molecular complexity index is 527. The van der Waals surface area contributed by atoms with Gasteiger partial charge in [-0.25, -0.2) is 0 Å². The van der Waals surface area contributed by atoms with Crippen LogP contribution >= 0.6 is 0 Å². The lowest BCUT2D eigenvalue weighted by Gasteiger charge is -2.16. The first-order valence-electron chi connectivity index (χ1n) is 7.98. The van der Waals surface area contributed by atoms with E-state index in [1.54, 1.807) is 7.11 Å². The second kappa shape index (κ2) is 6.48. The van der Waals surface area contributed by atoms with Gasteiger partial charge >= 0.3 is 0 Å². The highest BCUT2D eigenvalue weighted by Crippen LogP contribution is 2.28. The van der Waals surface area contributed by atoms with Gasteiger partial charge in [-0.3, -0.25) is 4.99 Å². The Balaban J connectivity index is 1.58. The van der Waals surface area contributed by atoms with Crippen LogP contribution in [0.5, 0.6) is 0 Å². The molecule has 3 rings (SSSR count). The van der Waals surface area contributed by atoms with Gasteiger partial charge in [-0.05, 0) is 55.4 Å². The van der Waals surface area contributed by atoms with Gasteiger partial charge in [0.05, 0.1) is 6.10 Å². The Hall–Kier alpha value is -1.55. The summed E-state index contributed by atoms with van der Waals surface area (Å²) in [5.41, 5.74) is 9.99. The zero-order chi connectivity index (χ0) is 14.7. The predicted octanol–water partition coefficient (Wildman–Crippen LogP) is 2.72. The van der Waals surface area contributed by atoms with Gasteiger partial charge in [-0.2, -0.15) is 0 Å². The lowest BCUT2D eigenvalue weighted by atomic mass is 10.1. The van der Waals surface area contributed by atoms with Crippen molar-refractivity contribution in [2.75, 3.05) is 19.0 Å². The minimum atomic E-state index is 0.349. The second-order valence-electron chi connectivity index (χ2n) is 6.15. The van der Waals surface area contributed by atoms with Gasteiger partial charge < -0.3 is 15.8 Å². The molecule has 4 heteroatoms. The maximum Gasteiger partial charge on any atom is 0.193 e. The topological polar surface area (TPSA) is 59.6 Å². The van der Waals surface area contributed by atoms with E-state index in [-0.39, 0.29) is 0 Å². The molecule has 2 atom stereocenters. The van der Waals surface area contributed by atoms with Crippen LogP contribution in [0.2, 0.25) is 0 Å². The van der Waals surface area contributed by atoms with Gasteiger partial charge in [0.15, 0.2) is 5.96 Å². The molecule has 0 amide bonds. The van der Waals surface area contributed by atoms with E-state index in [1.165, 1.54) is 43.2 Å². The fourth-order valence-electron chi connectivity index (χ4n) is 3.57. The van der Waals surface area contributed by atoms with Crippen molar-refractivity contribution in [2.24, 2.45) is 16.6 Å². The smallest absolute Gasteiger partial charge is 0.193 e. The highest BCUT2D eigenvalue weighted by Gasteiger charge is 2.26. The van der Waals surface area contributed by atoms with Crippen molar-refractivity contribution >= 4 is 11.6 Å². The summed E-state index contributed by atoms with van der Waals surface area (Å²) in [4.78, 5) is 4.50. The quantitative estimate of drug-likeness (QED) is 0.661. The minimum Gasteiger partial charge on any atom is -0.381 e. The number of hydrogen-bond acceptors (Lipinski definition) is 2. The second-order valence-corrected chi connectivity index (χ2v) is 6.15. The molecule has 0 radical (unpaired) electrons. The Kier molecular flexibility index (Phi) is 4.44. The first-order valence-corrected chi connectivity index (χ1v) is 7.98. The number of aliphatic imine (C=N–C) groups is 1. The van der Waals surface area contributed by atoms with E-state index in [1.807, 2.05) is 0 Å². The molecule has 0 spiro atoms. The normalized spacial score (nSPS) is 25.1. The number of hydrogen-bond donors (Lipinski definition) is 2. The number of methoxy groups -OCH3 is 1. The first kappa shape index (κ1) is 14.4. The summed E-state index contributed by atoms with van der Waals surface area (Å²) in [6, 6.07) is 6.51. The van der Waals surface area contributed by atoms with Crippen LogP contribution in [0.1, 0.15) is 36.8 Å². The predicted molar refractivity (Wildman–Crippen MR) is 86.7 cm³/mol. The molecule has 0 heterocycles. The maximum atomic E-state index is 6.01. The molecular formula is C17H25N3O. The van der Waals surface area contributed by atoms with Crippen LogP contribution in [0.25, 0.3) is 0 Å². The van der Waals surface area contributed by atoms with E-state index in [4.69, 9.17) is 10.5 Å². The summed E-state index contributed by atoms with van der Waals surface area (Å²) in [6.45, 7) is 0.752. The molecule has 3 N–H and O–H groups in total. The highest BCUT2D eigenvalue weighted by molar-refractivity contribution is 5.92. The minimum absolute atomic E-state index is 0.349. The number of nitrogens with two attached hydrogens (primary N) is 1. The molecule has 1 saturated carbocycles. The van der Waals surface area contributed by atoms with Crippen molar-refractivity contribution in [2.45, 2.75) is 44.6 Å². The molecule has 0 saturated heterocycles. The number of anilines is 1. The number of fused-ring (bicyclic) bond motifs is 1. The molecular weight excluding hydrogens is 262 g/mol. The summed E-state index contributed by atoms with van der Waals surface area (Å²) >= 11 is 0. The lowest BCUT2D eigenvalue weighted by Crippen LogP contribution is -2.26. The highest BCUT2D eigenvalue weighted by atomic mass is 16.5. The molecule has 1 aromatic carbocycles. The molecule has 21 heavy (non-hydrogen) atoms. The third-order valence-electron chi connectivity index (χ3n) is 4.76. The first-order chi connectivity index (χ1) is 10.3. The van der Waals surface area contributed by atoms with Crippen LogP contribution in [-0.4, -0.2) is 25.7 Å². The van der Waals surface area contributed by atoms with E-state index >= 15 is 0 Å². The zero-order valence-electron chi connectivity index (χ0n) is 12.8. The Labute approximate surface area is 126 Å². The van der Waals surface area contributed by atoms with Crippen LogP contribution in [-0.2, 0) is 17.6 Å². The maximum absolute atomic E-state index is 6.01. The molecule has 4 nitrogen and oxygen atoms in total. The van der Waals surface area contributed by atoms with E-state index in [2.05, 4.69) is 28.5 Å². The number of rotatable bonds is 4. The van der Waals surface area contributed by atoms with E-state index in [9.17, 15) is 0 Å². The average Bonchev–Trinajstić information content (AvgIpc) is 3.13. The zero-order valence-corrected chi connectivity index (χ0v) is 12.8. The number of nitrogens with zero attached hydrogens (tertiary/aromatic N) is 1. The summed E-state index contributed by atoms with van der Waals surface area (Å²) in [7, 11) is 1.79. The summed E-state index contributed by atoms with van der Waals surface area (Å²) < 4.78 is 5.49. The van der Waals surface area contributed by atoms with Crippen LogP contribution in [0.3, 0.4) is 0 Å². The van der Waals surface area contributed by atoms with Crippen LogP contribution in [0.15, 0.2) is 23.2 Å². The SMILES string of the molecule is COC1CCCC1CN=C(N)Nc1ccc2c(c1)CCC2. The molecule has 0 bridgehead atoms. The molecule has 1 aromatic rings. The van der Waals surface area contributed by atoms with Gasteiger partial charge in [0.2, 0.25) is 0 Å². The van der Waals surface area contributed by atoms with Crippen molar-refractivity contribution in [3.05, 3.63) is 29.3 Å².